The number of rotatable bonds is 7. The summed E-state index contributed by atoms with van der Waals surface area (Å²) >= 11 is 0. The maximum atomic E-state index is 13.9. The van der Waals surface area contributed by atoms with Crippen LogP contribution in [0.15, 0.2) is 30.6 Å². The van der Waals surface area contributed by atoms with Crippen molar-refractivity contribution < 1.29 is 9.18 Å². The highest BCUT2D eigenvalue weighted by atomic mass is 19.1. The molecule has 0 aliphatic heterocycles. The van der Waals surface area contributed by atoms with Crippen molar-refractivity contribution in [3.8, 4) is 0 Å². The monoisotopic (exact) mass is 449 g/mol. The number of nitrogens with zero attached hydrogens (tertiary/aromatic N) is 2. The van der Waals surface area contributed by atoms with Crippen LogP contribution in [0, 0.1) is 12.7 Å². The number of unbranched alkanes of at least 4 members (excludes halogenated alkanes) is 1. The van der Waals surface area contributed by atoms with E-state index >= 15 is 0 Å². The lowest BCUT2D eigenvalue weighted by atomic mass is 9.84. The molecule has 2 aromatic rings. The van der Waals surface area contributed by atoms with E-state index in [2.05, 4.69) is 27.4 Å². The summed E-state index contributed by atoms with van der Waals surface area (Å²) < 4.78 is 13.9. The predicted molar refractivity (Wildman–Crippen MR) is 130 cm³/mol. The molecule has 33 heavy (non-hydrogen) atoms. The number of allylic oxidation sites excluding steroid dienone is 1. The van der Waals surface area contributed by atoms with Crippen molar-refractivity contribution in [1.29, 1.82) is 0 Å². The van der Waals surface area contributed by atoms with Crippen LogP contribution < -0.4 is 5.32 Å². The van der Waals surface area contributed by atoms with E-state index in [1.165, 1.54) is 23.0 Å². The lowest BCUT2D eigenvalue weighted by molar-refractivity contribution is -0.122. The summed E-state index contributed by atoms with van der Waals surface area (Å²) in [6, 6.07) is 5.51. The highest BCUT2D eigenvalue weighted by Crippen LogP contribution is 2.34. The summed E-state index contributed by atoms with van der Waals surface area (Å²) in [7, 11) is 0. The zero-order valence-electron chi connectivity index (χ0n) is 19.8. The van der Waals surface area contributed by atoms with Gasteiger partial charge in [-0.05, 0) is 76.3 Å². The molecule has 176 valence electrons. The van der Waals surface area contributed by atoms with Crippen molar-refractivity contribution >= 4 is 12.0 Å². The number of halogens is 1. The minimum absolute atomic E-state index is 0.136. The Bertz CT molecular complexity index is 977. The van der Waals surface area contributed by atoms with Crippen LogP contribution >= 0.6 is 0 Å². The largest absolute Gasteiger partial charge is 0.353 e. The Morgan fingerprint density at radius 3 is 2.76 bits per heavy atom. The molecule has 0 radical (unpaired) electrons. The van der Waals surface area contributed by atoms with Crippen LogP contribution in [0.3, 0.4) is 0 Å². The normalized spacial score (nSPS) is 20.5. The second-order valence-electron chi connectivity index (χ2n) is 9.69. The van der Waals surface area contributed by atoms with Crippen LogP contribution in [-0.4, -0.2) is 21.9 Å². The van der Waals surface area contributed by atoms with Gasteiger partial charge in [0.1, 0.15) is 12.1 Å². The molecule has 0 saturated heterocycles. The Labute approximate surface area is 197 Å². The van der Waals surface area contributed by atoms with Gasteiger partial charge in [-0.3, -0.25) is 4.79 Å². The number of hydrogen-bond donors (Lipinski definition) is 1. The average molecular weight is 450 g/mol. The summed E-state index contributed by atoms with van der Waals surface area (Å²) in [6.07, 6.45) is 17.6. The Morgan fingerprint density at radius 1 is 1.12 bits per heavy atom. The Hall–Kier alpha value is -2.56. The first-order valence-electron chi connectivity index (χ1n) is 12.6. The minimum atomic E-state index is -0.142. The molecule has 1 amide bonds. The fourth-order valence-corrected chi connectivity index (χ4v) is 5.30. The van der Waals surface area contributed by atoms with Crippen LogP contribution in [-0.2, 0) is 17.6 Å². The van der Waals surface area contributed by atoms with E-state index in [1.54, 1.807) is 12.4 Å². The van der Waals surface area contributed by atoms with E-state index < -0.39 is 0 Å². The Balaban J connectivity index is 1.20. The summed E-state index contributed by atoms with van der Waals surface area (Å²) in [5.74, 6) is 0.483. The number of fused-ring (bicyclic) bond motifs is 1. The highest BCUT2D eigenvalue weighted by Gasteiger charge is 2.23. The maximum Gasteiger partial charge on any atom is 0.220 e. The van der Waals surface area contributed by atoms with Crippen LogP contribution in [0.5, 0.6) is 0 Å². The van der Waals surface area contributed by atoms with Gasteiger partial charge in [-0.2, -0.15) is 0 Å². The SMILES string of the molecule is Cc1ccc(F)c(CCCCC(=O)NC2CCCC(c3ncnc4c3C=CCC4)CCC2)c1. The smallest absolute Gasteiger partial charge is 0.220 e. The fourth-order valence-electron chi connectivity index (χ4n) is 5.30. The first-order chi connectivity index (χ1) is 16.1. The van der Waals surface area contributed by atoms with Gasteiger partial charge >= 0.3 is 0 Å². The predicted octanol–water partition coefficient (Wildman–Crippen LogP) is 6.22. The number of aromatic nitrogens is 2. The number of nitrogens with one attached hydrogen (secondary N) is 1. The van der Waals surface area contributed by atoms with E-state index in [4.69, 9.17) is 0 Å². The van der Waals surface area contributed by atoms with Gasteiger partial charge in [-0.1, -0.05) is 42.7 Å². The lowest BCUT2D eigenvalue weighted by Crippen LogP contribution is -2.35. The van der Waals surface area contributed by atoms with Crippen LogP contribution in [0.1, 0.15) is 98.2 Å². The number of benzene rings is 1. The van der Waals surface area contributed by atoms with E-state index in [0.717, 1.165) is 75.3 Å². The molecule has 4 rings (SSSR count). The average Bonchev–Trinajstić information content (AvgIpc) is 2.80. The molecule has 0 bridgehead atoms. The molecule has 1 saturated carbocycles. The van der Waals surface area contributed by atoms with Gasteiger partial charge in [0.15, 0.2) is 0 Å². The van der Waals surface area contributed by atoms with E-state index in [9.17, 15) is 9.18 Å². The third-order valence-electron chi connectivity index (χ3n) is 7.09. The molecule has 1 heterocycles. The van der Waals surface area contributed by atoms with E-state index in [0.29, 0.717) is 18.8 Å². The van der Waals surface area contributed by atoms with Gasteiger partial charge in [0.05, 0.1) is 11.4 Å². The number of carbonyl (C=O) groups is 1. The zero-order chi connectivity index (χ0) is 23.0. The van der Waals surface area contributed by atoms with Crippen LogP contribution in [0.2, 0.25) is 0 Å². The van der Waals surface area contributed by atoms with Gasteiger partial charge in [0.2, 0.25) is 5.91 Å². The quantitative estimate of drug-likeness (QED) is 0.511. The molecular formula is C28H36FN3O. The third kappa shape index (κ3) is 6.49. The van der Waals surface area contributed by atoms with E-state index in [1.807, 2.05) is 13.0 Å². The van der Waals surface area contributed by atoms with Crippen molar-refractivity contribution in [1.82, 2.24) is 15.3 Å². The third-order valence-corrected chi connectivity index (χ3v) is 7.09. The van der Waals surface area contributed by atoms with Crippen molar-refractivity contribution in [3.05, 3.63) is 64.5 Å². The molecular weight excluding hydrogens is 413 g/mol. The molecule has 1 fully saturated rings. The maximum absolute atomic E-state index is 13.9. The fraction of sp³-hybridized carbons (Fsp3) is 0.536. The second kappa shape index (κ2) is 11.5. The number of hydrogen-bond acceptors (Lipinski definition) is 3. The molecule has 1 aromatic carbocycles. The first-order valence-corrected chi connectivity index (χ1v) is 12.6. The summed E-state index contributed by atoms with van der Waals surface area (Å²) in [4.78, 5) is 21.6. The summed E-state index contributed by atoms with van der Waals surface area (Å²) in [5.41, 5.74) is 5.50. The van der Waals surface area contributed by atoms with Crippen molar-refractivity contribution in [2.24, 2.45) is 0 Å². The van der Waals surface area contributed by atoms with Crippen molar-refractivity contribution in [2.45, 2.75) is 95.9 Å². The zero-order valence-corrected chi connectivity index (χ0v) is 19.8. The van der Waals surface area contributed by atoms with E-state index in [-0.39, 0.29) is 17.8 Å². The number of carbonyl (C=O) groups excluding carboxylic acids is 1. The molecule has 1 aromatic heterocycles. The second-order valence-corrected chi connectivity index (χ2v) is 9.69. The molecule has 2 aliphatic rings. The topological polar surface area (TPSA) is 54.9 Å². The van der Waals surface area contributed by atoms with Gasteiger partial charge in [-0.15, -0.1) is 0 Å². The highest BCUT2D eigenvalue weighted by molar-refractivity contribution is 5.76. The standard InChI is InChI=1S/C28H36FN3O/c1-20-16-17-25(29)22(18-20)8-2-5-15-27(33)32-23-11-6-9-21(10-7-12-23)28-24-13-3-4-14-26(24)30-19-31-28/h3,13,16-19,21,23H,2,4-12,14-15H2,1H3,(H,32,33). The molecule has 1 N–H and O–H groups in total. The van der Waals surface area contributed by atoms with Gasteiger partial charge in [0, 0.05) is 23.9 Å². The molecule has 5 heteroatoms. The van der Waals surface area contributed by atoms with Crippen molar-refractivity contribution in [2.75, 3.05) is 0 Å². The Morgan fingerprint density at radius 2 is 1.94 bits per heavy atom. The van der Waals surface area contributed by atoms with Crippen molar-refractivity contribution in [3.63, 3.8) is 0 Å². The minimum Gasteiger partial charge on any atom is -0.353 e. The van der Waals surface area contributed by atoms with Crippen LogP contribution in [0.4, 0.5) is 4.39 Å². The molecule has 0 atom stereocenters. The van der Waals surface area contributed by atoms with Gasteiger partial charge in [-0.25, -0.2) is 14.4 Å². The van der Waals surface area contributed by atoms with Gasteiger partial charge < -0.3 is 5.32 Å². The summed E-state index contributed by atoms with van der Waals surface area (Å²) in [5, 5.41) is 3.26. The molecule has 2 aliphatic carbocycles. The van der Waals surface area contributed by atoms with Crippen LogP contribution in [0.25, 0.3) is 6.08 Å². The molecule has 4 nitrogen and oxygen atoms in total. The number of aryl methyl sites for hydroxylation is 3. The molecule has 0 spiro atoms. The lowest BCUT2D eigenvalue weighted by Gasteiger charge is -2.26. The Kier molecular flexibility index (Phi) is 8.25. The van der Waals surface area contributed by atoms with Gasteiger partial charge in [0.25, 0.3) is 0 Å². The number of amides is 1. The summed E-state index contributed by atoms with van der Waals surface area (Å²) in [6.45, 7) is 1.98. The first kappa shape index (κ1) is 23.6. The molecule has 0 unspecified atom stereocenters.